The highest BCUT2D eigenvalue weighted by Gasteiger charge is 2.31. The van der Waals surface area contributed by atoms with Crippen LogP contribution >= 0.6 is 23.4 Å². The Morgan fingerprint density at radius 3 is 2.34 bits per heavy atom. The fraction of sp³-hybridized carbons (Fsp3) is 0.235. The second-order valence-corrected chi connectivity index (χ2v) is 9.47. The molecule has 0 fully saturated rings. The van der Waals surface area contributed by atoms with Crippen LogP contribution in [0.4, 0.5) is 13.2 Å². The summed E-state index contributed by atoms with van der Waals surface area (Å²) in [5.74, 6) is -1.37. The number of alkyl halides is 3. The van der Waals surface area contributed by atoms with Crippen LogP contribution in [0.2, 0.25) is 5.02 Å². The molecule has 0 saturated carbocycles. The van der Waals surface area contributed by atoms with Crippen molar-refractivity contribution in [1.82, 2.24) is 4.31 Å². The fourth-order valence-electron chi connectivity index (χ4n) is 2.08. The molecule has 29 heavy (non-hydrogen) atoms. The van der Waals surface area contributed by atoms with Crippen LogP contribution in [0.25, 0.3) is 0 Å². The Morgan fingerprint density at radius 1 is 1.17 bits per heavy atom. The van der Waals surface area contributed by atoms with E-state index in [-0.39, 0.29) is 25.5 Å². The predicted octanol–water partition coefficient (Wildman–Crippen LogP) is 4.22. The molecule has 0 atom stereocenters. The van der Waals surface area contributed by atoms with Crippen molar-refractivity contribution in [3.05, 3.63) is 47.0 Å². The van der Waals surface area contributed by atoms with Crippen LogP contribution < -0.4 is 4.74 Å². The fourth-order valence-corrected chi connectivity index (χ4v) is 4.31. The van der Waals surface area contributed by atoms with Crippen LogP contribution in [0.15, 0.2) is 51.1 Å². The zero-order chi connectivity index (χ0) is 22.0. The number of hydrogen-bond acceptors (Lipinski definition) is 5. The van der Waals surface area contributed by atoms with Crippen LogP contribution in [-0.4, -0.2) is 44.5 Å². The molecule has 12 heteroatoms. The number of rotatable bonds is 7. The molecule has 1 N–H and O–H groups in total. The molecule has 0 radical (unpaired) electrons. The van der Waals surface area contributed by atoms with Gasteiger partial charge in [0.15, 0.2) is 6.61 Å². The molecular formula is C17H15ClF3NO5S2. The van der Waals surface area contributed by atoms with Gasteiger partial charge < -0.3 is 9.84 Å². The summed E-state index contributed by atoms with van der Waals surface area (Å²) >= 11 is 6.93. The van der Waals surface area contributed by atoms with Gasteiger partial charge in [0.1, 0.15) is 5.75 Å². The van der Waals surface area contributed by atoms with Gasteiger partial charge in [0.25, 0.3) is 0 Å². The third kappa shape index (κ3) is 5.78. The first-order valence-electron chi connectivity index (χ1n) is 7.78. The maximum absolute atomic E-state index is 13.0. The standard InChI is InChI=1S/C17H15ClF3NO5S2/c1-22(2)29(25,26)11-4-6-14(12(18)8-11)28-15-7-10(17(19,20)21)3-5-13(15)27-9-16(23)24/h3-8H,9H2,1-2H3,(H,23,24). The van der Waals surface area contributed by atoms with Crippen molar-refractivity contribution in [2.45, 2.75) is 20.9 Å². The quantitative estimate of drug-likeness (QED) is 0.653. The van der Waals surface area contributed by atoms with Crippen molar-refractivity contribution in [3.63, 3.8) is 0 Å². The van der Waals surface area contributed by atoms with E-state index in [1.54, 1.807) is 0 Å². The Bertz CT molecular complexity index is 1030. The van der Waals surface area contributed by atoms with Crippen molar-refractivity contribution >= 4 is 39.4 Å². The Hall–Kier alpha value is -1.95. The molecule has 0 saturated heterocycles. The molecule has 2 aromatic rings. The molecule has 0 heterocycles. The maximum atomic E-state index is 13.0. The van der Waals surface area contributed by atoms with Gasteiger partial charge in [-0.2, -0.15) is 13.2 Å². The smallest absolute Gasteiger partial charge is 0.416 e. The van der Waals surface area contributed by atoms with Crippen molar-refractivity contribution in [2.75, 3.05) is 20.7 Å². The minimum Gasteiger partial charge on any atom is -0.481 e. The highest BCUT2D eigenvalue weighted by molar-refractivity contribution is 7.99. The lowest BCUT2D eigenvalue weighted by atomic mass is 10.2. The summed E-state index contributed by atoms with van der Waals surface area (Å²) in [4.78, 5) is 10.9. The third-order valence-corrected chi connectivity index (χ3v) is 6.87. The lowest BCUT2D eigenvalue weighted by Crippen LogP contribution is -2.22. The van der Waals surface area contributed by atoms with E-state index in [4.69, 9.17) is 21.4 Å². The monoisotopic (exact) mass is 469 g/mol. The van der Waals surface area contributed by atoms with Gasteiger partial charge in [0.2, 0.25) is 10.0 Å². The van der Waals surface area contributed by atoms with E-state index in [1.807, 2.05) is 0 Å². The van der Waals surface area contributed by atoms with E-state index >= 15 is 0 Å². The van der Waals surface area contributed by atoms with Crippen LogP contribution in [-0.2, 0) is 21.0 Å². The number of benzene rings is 2. The molecule has 6 nitrogen and oxygen atoms in total. The van der Waals surface area contributed by atoms with E-state index in [9.17, 15) is 26.4 Å². The second-order valence-electron chi connectivity index (χ2n) is 5.82. The minimum absolute atomic E-state index is 0.000443. The normalized spacial score (nSPS) is 12.2. The topological polar surface area (TPSA) is 83.9 Å². The molecule has 0 spiro atoms. The van der Waals surface area contributed by atoms with Crippen LogP contribution in [0.5, 0.6) is 5.75 Å². The number of sulfonamides is 1. The predicted molar refractivity (Wildman–Crippen MR) is 101 cm³/mol. The van der Waals surface area contributed by atoms with Crippen LogP contribution in [0.1, 0.15) is 5.56 Å². The van der Waals surface area contributed by atoms with Gasteiger partial charge in [-0.1, -0.05) is 23.4 Å². The van der Waals surface area contributed by atoms with E-state index in [0.29, 0.717) is 0 Å². The number of ether oxygens (including phenoxy) is 1. The van der Waals surface area contributed by atoms with Crippen molar-refractivity contribution in [2.24, 2.45) is 0 Å². The Balaban J connectivity index is 2.44. The molecule has 0 unspecified atom stereocenters. The van der Waals surface area contributed by atoms with E-state index in [1.165, 1.54) is 32.3 Å². The van der Waals surface area contributed by atoms with Gasteiger partial charge in [0.05, 0.1) is 20.4 Å². The van der Waals surface area contributed by atoms with E-state index < -0.39 is 34.3 Å². The highest BCUT2D eigenvalue weighted by atomic mass is 35.5. The number of nitrogens with zero attached hydrogens (tertiary/aromatic N) is 1. The Labute approximate surface area is 174 Å². The molecule has 0 aromatic heterocycles. The average molecular weight is 470 g/mol. The molecule has 0 amide bonds. The van der Waals surface area contributed by atoms with Gasteiger partial charge in [-0.3, -0.25) is 0 Å². The van der Waals surface area contributed by atoms with Gasteiger partial charge in [-0.25, -0.2) is 17.5 Å². The first kappa shape index (κ1) is 23.3. The lowest BCUT2D eigenvalue weighted by molar-refractivity contribution is -0.140. The summed E-state index contributed by atoms with van der Waals surface area (Å²) in [6.45, 7) is -0.743. The number of carbonyl (C=O) groups is 1. The van der Waals surface area contributed by atoms with Crippen LogP contribution in [0, 0.1) is 0 Å². The minimum atomic E-state index is -4.62. The number of carboxylic acids is 1. The Morgan fingerprint density at radius 2 is 1.83 bits per heavy atom. The first-order valence-corrected chi connectivity index (χ1v) is 10.4. The molecule has 0 aliphatic heterocycles. The van der Waals surface area contributed by atoms with Gasteiger partial charge in [-0.15, -0.1) is 0 Å². The SMILES string of the molecule is CN(C)S(=O)(=O)c1ccc(Sc2cc(C(F)(F)F)ccc2OCC(=O)O)c(Cl)c1. The molecule has 0 aliphatic rings. The van der Waals surface area contributed by atoms with Gasteiger partial charge >= 0.3 is 12.1 Å². The van der Waals surface area contributed by atoms with Crippen molar-refractivity contribution in [1.29, 1.82) is 0 Å². The summed E-state index contributed by atoms with van der Waals surface area (Å²) in [6, 6.07) is 6.41. The summed E-state index contributed by atoms with van der Waals surface area (Å²) in [5.41, 5.74) is -0.953. The van der Waals surface area contributed by atoms with Crippen LogP contribution in [0.3, 0.4) is 0 Å². The van der Waals surface area contributed by atoms with E-state index in [2.05, 4.69) is 0 Å². The summed E-state index contributed by atoms with van der Waals surface area (Å²) in [5, 5.41) is 8.74. The largest absolute Gasteiger partial charge is 0.481 e. The lowest BCUT2D eigenvalue weighted by Gasteiger charge is -2.15. The van der Waals surface area contributed by atoms with Gasteiger partial charge in [0, 0.05) is 19.0 Å². The van der Waals surface area contributed by atoms with Gasteiger partial charge in [-0.05, 0) is 36.4 Å². The molecule has 2 aromatic carbocycles. The molecule has 0 aliphatic carbocycles. The Kier molecular flexibility index (Phi) is 7.10. The number of halogens is 4. The first-order chi connectivity index (χ1) is 13.3. The zero-order valence-electron chi connectivity index (χ0n) is 15.0. The van der Waals surface area contributed by atoms with E-state index in [0.717, 1.165) is 34.3 Å². The number of carboxylic acid groups (broad SMARTS) is 1. The summed E-state index contributed by atoms with van der Waals surface area (Å²) in [6.07, 6.45) is -4.62. The molecular weight excluding hydrogens is 455 g/mol. The number of aliphatic carboxylic acids is 1. The highest BCUT2D eigenvalue weighted by Crippen LogP contribution is 2.42. The zero-order valence-corrected chi connectivity index (χ0v) is 17.4. The van der Waals surface area contributed by atoms with Crippen molar-refractivity contribution < 1.29 is 36.2 Å². The second kappa shape index (κ2) is 8.82. The van der Waals surface area contributed by atoms with Crippen molar-refractivity contribution in [3.8, 4) is 5.75 Å². The molecule has 0 bridgehead atoms. The maximum Gasteiger partial charge on any atom is 0.416 e. The molecule has 158 valence electrons. The summed E-state index contributed by atoms with van der Waals surface area (Å²) < 4.78 is 69.5. The number of hydrogen-bond donors (Lipinski definition) is 1. The summed E-state index contributed by atoms with van der Waals surface area (Å²) in [7, 11) is -1.04. The third-order valence-electron chi connectivity index (χ3n) is 3.52. The average Bonchev–Trinajstić information content (AvgIpc) is 2.61. The molecule has 2 rings (SSSR count).